The van der Waals surface area contributed by atoms with Gasteiger partial charge in [-0.1, -0.05) is 12.1 Å². The summed E-state index contributed by atoms with van der Waals surface area (Å²) in [6.07, 6.45) is 0. The highest BCUT2D eigenvalue weighted by Crippen LogP contribution is 2.17. The molecule has 0 aliphatic heterocycles. The minimum atomic E-state index is -0.415. The van der Waals surface area contributed by atoms with Gasteiger partial charge in [-0.05, 0) is 12.1 Å². The summed E-state index contributed by atoms with van der Waals surface area (Å²) < 4.78 is 13.3. The molecule has 2 rings (SSSR count). The van der Waals surface area contributed by atoms with Gasteiger partial charge < -0.3 is 16.8 Å². The Balaban J connectivity index is 2.28. The largest absolute Gasteiger partial charge is 0.380 e. The molecule has 7 heteroatoms. The summed E-state index contributed by atoms with van der Waals surface area (Å²) in [6.45, 7) is 0. The Morgan fingerprint density at radius 1 is 1.06 bits per heavy atom. The first-order valence-corrected chi connectivity index (χ1v) is 4.44. The highest BCUT2D eigenvalue weighted by atomic mass is 19.1. The monoisotopic (exact) mass is 220 g/mol. The number of aromatic nitrogens is 3. The number of halogens is 1. The maximum absolute atomic E-state index is 13.3. The van der Waals surface area contributed by atoms with Crippen LogP contribution in [0.15, 0.2) is 24.3 Å². The number of hydrogen-bond donors (Lipinski definition) is 3. The molecule has 0 aliphatic rings. The summed E-state index contributed by atoms with van der Waals surface area (Å²) in [5.74, 6) is -0.230. The SMILES string of the molecule is Nc1nnc(Nc2ccccc2F)nc1N. The first-order chi connectivity index (χ1) is 7.66. The topological polar surface area (TPSA) is 103 Å². The summed E-state index contributed by atoms with van der Waals surface area (Å²) in [5, 5.41) is 9.84. The van der Waals surface area contributed by atoms with Gasteiger partial charge in [0, 0.05) is 0 Å². The Morgan fingerprint density at radius 3 is 2.50 bits per heavy atom. The molecule has 6 nitrogen and oxygen atoms in total. The van der Waals surface area contributed by atoms with Crippen LogP contribution in [0.3, 0.4) is 0 Å². The molecule has 0 bridgehead atoms. The van der Waals surface area contributed by atoms with Gasteiger partial charge in [0.15, 0.2) is 11.6 Å². The molecule has 0 saturated carbocycles. The number of nitrogens with two attached hydrogens (primary N) is 2. The smallest absolute Gasteiger partial charge is 0.249 e. The summed E-state index contributed by atoms with van der Waals surface area (Å²) in [6, 6.07) is 6.12. The van der Waals surface area contributed by atoms with Crippen molar-refractivity contribution in [3.05, 3.63) is 30.1 Å². The molecule has 1 aromatic carbocycles. The van der Waals surface area contributed by atoms with E-state index in [0.717, 1.165) is 0 Å². The molecule has 0 atom stereocenters. The van der Waals surface area contributed by atoms with Gasteiger partial charge in [-0.2, -0.15) is 4.98 Å². The van der Waals surface area contributed by atoms with E-state index < -0.39 is 5.82 Å². The Bertz CT molecular complexity index is 515. The molecule has 2 aromatic rings. The number of hydrogen-bond acceptors (Lipinski definition) is 6. The van der Waals surface area contributed by atoms with Crippen molar-refractivity contribution >= 4 is 23.3 Å². The Labute approximate surface area is 90.5 Å². The van der Waals surface area contributed by atoms with E-state index in [1.54, 1.807) is 18.2 Å². The highest BCUT2D eigenvalue weighted by Gasteiger charge is 2.05. The number of rotatable bonds is 2. The number of anilines is 4. The van der Waals surface area contributed by atoms with Gasteiger partial charge in [0.25, 0.3) is 0 Å². The number of benzene rings is 1. The van der Waals surface area contributed by atoms with E-state index in [1.807, 2.05) is 0 Å². The molecule has 1 heterocycles. The predicted molar refractivity (Wildman–Crippen MR) is 58.3 cm³/mol. The van der Waals surface area contributed by atoms with Crippen molar-refractivity contribution in [1.82, 2.24) is 15.2 Å². The van der Waals surface area contributed by atoms with Crippen LogP contribution < -0.4 is 16.8 Å². The van der Waals surface area contributed by atoms with Gasteiger partial charge in [0.2, 0.25) is 5.95 Å². The number of nitrogen functional groups attached to an aromatic ring is 2. The average Bonchev–Trinajstić information content (AvgIpc) is 2.27. The summed E-state index contributed by atoms with van der Waals surface area (Å²) in [4.78, 5) is 3.81. The van der Waals surface area contributed by atoms with Gasteiger partial charge in [-0.25, -0.2) is 4.39 Å². The molecular weight excluding hydrogens is 211 g/mol. The summed E-state index contributed by atoms with van der Waals surface area (Å²) >= 11 is 0. The van der Waals surface area contributed by atoms with E-state index in [1.165, 1.54) is 6.07 Å². The van der Waals surface area contributed by atoms with Gasteiger partial charge in [0.05, 0.1) is 5.69 Å². The van der Waals surface area contributed by atoms with E-state index in [4.69, 9.17) is 11.5 Å². The molecular formula is C9H9FN6. The van der Waals surface area contributed by atoms with E-state index in [2.05, 4.69) is 20.5 Å². The molecule has 0 saturated heterocycles. The van der Waals surface area contributed by atoms with Crippen molar-refractivity contribution in [2.45, 2.75) is 0 Å². The van der Waals surface area contributed by atoms with Crippen LogP contribution in [0, 0.1) is 5.82 Å². The van der Waals surface area contributed by atoms with Crippen molar-refractivity contribution in [1.29, 1.82) is 0 Å². The zero-order valence-corrected chi connectivity index (χ0v) is 8.18. The van der Waals surface area contributed by atoms with Crippen LogP contribution in [0.1, 0.15) is 0 Å². The molecule has 0 fully saturated rings. The highest BCUT2D eigenvalue weighted by molar-refractivity contribution is 5.58. The minimum absolute atomic E-state index is 0.0408. The lowest BCUT2D eigenvalue weighted by Gasteiger charge is -2.05. The third-order valence-electron chi connectivity index (χ3n) is 1.86. The van der Waals surface area contributed by atoms with Crippen LogP contribution >= 0.6 is 0 Å². The quantitative estimate of drug-likeness (QED) is 0.695. The lowest BCUT2D eigenvalue weighted by Crippen LogP contribution is -2.07. The molecule has 0 spiro atoms. The van der Waals surface area contributed by atoms with Crippen LogP contribution in [0.25, 0.3) is 0 Å². The zero-order valence-electron chi connectivity index (χ0n) is 8.18. The fraction of sp³-hybridized carbons (Fsp3) is 0. The lowest BCUT2D eigenvalue weighted by molar-refractivity contribution is 0.631. The van der Waals surface area contributed by atoms with E-state index >= 15 is 0 Å². The number of nitrogens with zero attached hydrogens (tertiary/aromatic N) is 3. The fourth-order valence-corrected chi connectivity index (χ4v) is 1.08. The molecule has 1 aromatic heterocycles. The van der Waals surface area contributed by atoms with E-state index in [0.29, 0.717) is 0 Å². The summed E-state index contributed by atoms with van der Waals surface area (Å²) in [7, 11) is 0. The van der Waals surface area contributed by atoms with Gasteiger partial charge in [-0.15, -0.1) is 10.2 Å². The van der Waals surface area contributed by atoms with Gasteiger partial charge in [0.1, 0.15) is 5.82 Å². The average molecular weight is 220 g/mol. The molecule has 16 heavy (non-hydrogen) atoms. The van der Waals surface area contributed by atoms with E-state index in [-0.39, 0.29) is 23.3 Å². The molecule has 0 amide bonds. The van der Waals surface area contributed by atoms with Crippen molar-refractivity contribution in [3.8, 4) is 0 Å². The van der Waals surface area contributed by atoms with Gasteiger partial charge in [-0.3, -0.25) is 0 Å². The maximum atomic E-state index is 13.3. The van der Waals surface area contributed by atoms with Crippen molar-refractivity contribution in [2.75, 3.05) is 16.8 Å². The first-order valence-electron chi connectivity index (χ1n) is 4.44. The third-order valence-corrected chi connectivity index (χ3v) is 1.86. The second-order valence-corrected chi connectivity index (χ2v) is 3.01. The molecule has 0 unspecified atom stereocenters. The predicted octanol–water partition coefficient (Wildman–Crippen LogP) is 0.919. The van der Waals surface area contributed by atoms with Crippen LogP contribution in [0.4, 0.5) is 27.7 Å². The maximum Gasteiger partial charge on any atom is 0.249 e. The molecule has 0 radical (unpaired) electrons. The Morgan fingerprint density at radius 2 is 1.81 bits per heavy atom. The Hall–Kier alpha value is -2.44. The van der Waals surface area contributed by atoms with Crippen molar-refractivity contribution < 1.29 is 4.39 Å². The third kappa shape index (κ3) is 1.97. The summed E-state index contributed by atoms with van der Waals surface area (Å²) in [5.41, 5.74) is 11.0. The zero-order chi connectivity index (χ0) is 11.5. The normalized spacial score (nSPS) is 10.1. The van der Waals surface area contributed by atoms with Crippen LogP contribution in [-0.4, -0.2) is 15.2 Å². The minimum Gasteiger partial charge on any atom is -0.380 e. The Kier molecular flexibility index (Phi) is 2.50. The molecule has 82 valence electrons. The van der Waals surface area contributed by atoms with Gasteiger partial charge >= 0.3 is 0 Å². The van der Waals surface area contributed by atoms with Crippen LogP contribution in [-0.2, 0) is 0 Å². The van der Waals surface area contributed by atoms with Crippen molar-refractivity contribution in [3.63, 3.8) is 0 Å². The van der Waals surface area contributed by atoms with Crippen molar-refractivity contribution in [2.24, 2.45) is 0 Å². The second kappa shape index (κ2) is 3.97. The lowest BCUT2D eigenvalue weighted by atomic mass is 10.3. The molecule has 0 aliphatic carbocycles. The van der Waals surface area contributed by atoms with Crippen LogP contribution in [0.2, 0.25) is 0 Å². The fourth-order valence-electron chi connectivity index (χ4n) is 1.08. The number of nitrogens with one attached hydrogen (secondary N) is 1. The standard InChI is InChI=1S/C9H9FN6/c10-5-3-1-2-4-6(5)13-9-14-7(11)8(12)15-16-9/h1-4H,(H2,12,15)(H3,11,13,14,16). The van der Waals surface area contributed by atoms with E-state index in [9.17, 15) is 4.39 Å². The number of para-hydroxylation sites is 1. The van der Waals surface area contributed by atoms with Crippen LogP contribution in [0.5, 0.6) is 0 Å². The molecule has 5 N–H and O–H groups in total. The first kappa shape index (κ1) is 10.1. The second-order valence-electron chi connectivity index (χ2n) is 3.01.